The van der Waals surface area contributed by atoms with Crippen molar-refractivity contribution >= 4 is 21.8 Å². The fourth-order valence-corrected chi connectivity index (χ4v) is 2.91. The van der Waals surface area contributed by atoms with Gasteiger partial charge in [0.25, 0.3) is 5.91 Å². The Morgan fingerprint density at radius 3 is 3.21 bits per heavy atom. The van der Waals surface area contributed by atoms with Gasteiger partial charge in [0.05, 0.1) is 7.11 Å². The molecule has 0 aliphatic carbocycles. The monoisotopic (exact) mass is 326 g/mol. The first-order valence-corrected chi connectivity index (χ1v) is 7.76. The Morgan fingerprint density at radius 1 is 1.63 bits per heavy atom. The minimum atomic E-state index is 0.0435. The Kier molecular flexibility index (Phi) is 5.19. The third-order valence-electron chi connectivity index (χ3n) is 3.50. The normalized spacial score (nSPS) is 18.6. The van der Waals surface area contributed by atoms with Crippen LogP contribution in [0.4, 0.5) is 0 Å². The van der Waals surface area contributed by atoms with Crippen molar-refractivity contribution in [2.75, 3.05) is 19.0 Å². The van der Waals surface area contributed by atoms with E-state index in [0.717, 1.165) is 37.6 Å². The molecule has 0 saturated carbocycles. The molecule has 1 fully saturated rings. The average molecular weight is 327 g/mol. The van der Waals surface area contributed by atoms with Gasteiger partial charge in [0, 0.05) is 24.1 Å². The largest absolute Gasteiger partial charge is 0.480 e. The quantitative estimate of drug-likeness (QED) is 0.781. The number of hydrogen-bond acceptors (Lipinski definition) is 3. The predicted octanol–water partition coefficient (Wildman–Crippen LogP) is 2.87. The van der Waals surface area contributed by atoms with Crippen molar-refractivity contribution in [2.24, 2.45) is 0 Å². The van der Waals surface area contributed by atoms with Crippen molar-refractivity contribution in [3.05, 3.63) is 23.9 Å². The number of ether oxygens (including phenoxy) is 1. The van der Waals surface area contributed by atoms with Crippen LogP contribution in [-0.2, 0) is 0 Å². The first-order valence-electron chi connectivity index (χ1n) is 6.64. The molecule has 1 aromatic heterocycles. The Labute approximate surface area is 122 Å². The molecule has 0 radical (unpaired) electrons. The van der Waals surface area contributed by atoms with Crippen molar-refractivity contribution in [2.45, 2.75) is 31.7 Å². The van der Waals surface area contributed by atoms with E-state index in [-0.39, 0.29) is 5.91 Å². The van der Waals surface area contributed by atoms with E-state index in [1.165, 1.54) is 0 Å². The van der Waals surface area contributed by atoms with E-state index < -0.39 is 0 Å². The number of halogens is 1. The van der Waals surface area contributed by atoms with Gasteiger partial charge < -0.3 is 9.64 Å². The number of nitrogens with zero attached hydrogens (tertiary/aromatic N) is 2. The van der Waals surface area contributed by atoms with Gasteiger partial charge in [-0.05, 0) is 37.8 Å². The molecule has 5 heteroatoms. The van der Waals surface area contributed by atoms with Crippen molar-refractivity contribution < 1.29 is 9.53 Å². The summed E-state index contributed by atoms with van der Waals surface area (Å²) in [7, 11) is 1.55. The van der Waals surface area contributed by atoms with Gasteiger partial charge in [0.2, 0.25) is 5.88 Å². The van der Waals surface area contributed by atoms with Gasteiger partial charge >= 0.3 is 0 Å². The molecule has 104 valence electrons. The number of hydrogen-bond donors (Lipinski definition) is 0. The molecular formula is C14H19BrN2O2. The van der Waals surface area contributed by atoms with Crippen molar-refractivity contribution in [3.8, 4) is 5.88 Å². The lowest BCUT2D eigenvalue weighted by Crippen LogP contribution is -2.35. The maximum atomic E-state index is 12.6. The van der Waals surface area contributed by atoms with E-state index >= 15 is 0 Å². The molecule has 0 aromatic carbocycles. The van der Waals surface area contributed by atoms with Crippen LogP contribution >= 0.6 is 15.9 Å². The highest BCUT2D eigenvalue weighted by molar-refractivity contribution is 9.09. The van der Waals surface area contributed by atoms with Crippen LogP contribution < -0.4 is 4.74 Å². The highest BCUT2D eigenvalue weighted by Crippen LogP contribution is 2.26. The van der Waals surface area contributed by atoms with Crippen LogP contribution in [-0.4, -0.2) is 40.8 Å². The summed E-state index contributed by atoms with van der Waals surface area (Å²) in [6.07, 6.45) is 5.97. The maximum absolute atomic E-state index is 12.6. The SMILES string of the molecule is COc1ncccc1C(=O)N1CCCC1CCCBr. The fourth-order valence-electron chi connectivity index (χ4n) is 2.59. The van der Waals surface area contributed by atoms with Crippen LogP contribution in [0.15, 0.2) is 18.3 Å². The number of carbonyl (C=O) groups excluding carboxylic acids is 1. The van der Waals surface area contributed by atoms with E-state index in [4.69, 9.17) is 4.74 Å². The van der Waals surface area contributed by atoms with Crippen LogP contribution in [0.5, 0.6) is 5.88 Å². The van der Waals surface area contributed by atoms with E-state index in [0.29, 0.717) is 17.5 Å². The molecule has 4 nitrogen and oxygen atoms in total. The predicted molar refractivity (Wildman–Crippen MR) is 77.9 cm³/mol. The van der Waals surface area contributed by atoms with Crippen molar-refractivity contribution in [1.82, 2.24) is 9.88 Å². The summed E-state index contributed by atoms with van der Waals surface area (Å²) in [5.41, 5.74) is 0.566. The summed E-state index contributed by atoms with van der Waals surface area (Å²) in [5, 5.41) is 0.988. The molecule has 2 heterocycles. The zero-order chi connectivity index (χ0) is 13.7. The van der Waals surface area contributed by atoms with E-state index in [1.807, 2.05) is 4.90 Å². The van der Waals surface area contributed by atoms with Crippen LogP contribution in [0.1, 0.15) is 36.0 Å². The number of pyridine rings is 1. The highest BCUT2D eigenvalue weighted by atomic mass is 79.9. The van der Waals surface area contributed by atoms with Crippen molar-refractivity contribution in [1.29, 1.82) is 0 Å². The summed E-state index contributed by atoms with van der Waals surface area (Å²) in [6, 6.07) is 3.92. The molecule has 1 amide bonds. The van der Waals surface area contributed by atoms with Gasteiger partial charge in [-0.3, -0.25) is 4.79 Å². The zero-order valence-corrected chi connectivity index (χ0v) is 12.7. The average Bonchev–Trinajstić information content (AvgIpc) is 2.92. The molecule has 1 saturated heterocycles. The van der Waals surface area contributed by atoms with Gasteiger partial charge in [-0.25, -0.2) is 4.98 Å². The lowest BCUT2D eigenvalue weighted by molar-refractivity contribution is 0.0726. The zero-order valence-electron chi connectivity index (χ0n) is 11.1. The summed E-state index contributed by atoms with van der Waals surface area (Å²) in [4.78, 5) is 18.7. The topological polar surface area (TPSA) is 42.4 Å². The van der Waals surface area contributed by atoms with Crippen LogP contribution in [0.3, 0.4) is 0 Å². The highest BCUT2D eigenvalue weighted by Gasteiger charge is 2.30. The number of rotatable bonds is 5. The summed E-state index contributed by atoms with van der Waals surface area (Å²) in [5.74, 6) is 0.459. The number of amides is 1. The van der Waals surface area contributed by atoms with Crippen LogP contribution in [0.25, 0.3) is 0 Å². The second kappa shape index (κ2) is 6.89. The van der Waals surface area contributed by atoms with Gasteiger partial charge in [0.15, 0.2) is 0 Å². The van der Waals surface area contributed by atoms with E-state index in [9.17, 15) is 4.79 Å². The van der Waals surface area contributed by atoms with E-state index in [1.54, 1.807) is 25.4 Å². The molecule has 1 unspecified atom stereocenters. The Balaban J connectivity index is 2.13. The molecule has 0 bridgehead atoms. The summed E-state index contributed by atoms with van der Waals surface area (Å²) in [6.45, 7) is 0.837. The molecule has 0 N–H and O–H groups in total. The smallest absolute Gasteiger partial charge is 0.259 e. The Morgan fingerprint density at radius 2 is 2.47 bits per heavy atom. The first kappa shape index (κ1) is 14.3. The maximum Gasteiger partial charge on any atom is 0.259 e. The van der Waals surface area contributed by atoms with Gasteiger partial charge in [-0.2, -0.15) is 0 Å². The van der Waals surface area contributed by atoms with Gasteiger partial charge in [-0.15, -0.1) is 0 Å². The number of alkyl halides is 1. The molecule has 19 heavy (non-hydrogen) atoms. The minimum absolute atomic E-state index is 0.0435. The van der Waals surface area contributed by atoms with Crippen LogP contribution in [0.2, 0.25) is 0 Å². The molecule has 1 aliphatic rings. The summed E-state index contributed by atoms with van der Waals surface area (Å²) >= 11 is 3.45. The van der Waals surface area contributed by atoms with Gasteiger partial charge in [0.1, 0.15) is 5.56 Å². The third-order valence-corrected chi connectivity index (χ3v) is 4.06. The second-order valence-corrected chi connectivity index (χ2v) is 5.48. The number of aromatic nitrogens is 1. The molecule has 1 atom stereocenters. The number of methoxy groups -OCH3 is 1. The lowest BCUT2D eigenvalue weighted by atomic mass is 10.1. The Bertz CT molecular complexity index is 439. The fraction of sp³-hybridized carbons (Fsp3) is 0.571. The van der Waals surface area contributed by atoms with Crippen LogP contribution in [0, 0.1) is 0 Å². The van der Waals surface area contributed by atoms with E-state index in [2.05, 4.69) is 20.9 Å². The lowest BCUT2D eigenvalue weighted by Gasteiger charge is -2.25. The molecule has 0 spiro atoms. The summed E-state index contributed by atoms with van der Waals surface area (Å²) < 4.78 is 5.18. The molecule has 1 aliphatic heterocycles. The second-order valence-electron chi connectivity index (χ2n) is 4.69. The number of likely N-dealkylation sites (tertiary alicyclic amines) is 1. The Hall–Kier alpha value is -1.10. The first-order chi connectivity index (χ1) is 9.27. The molecule has 2 rings (SSSR count). The standard InChI is InChI=1S/C14H19BrN2O2/c1-19-13-12(7-3-9-16-13)14(18)17-10-4-6-11(17)5-2-8-15/h3,7,9,11H,2,4-6,8,10H2,1H3. The minimum Gasteiger partial charge on any atom is -0.480 e. The van der Waals surface area contributed by atoms with Crippen molar-refractivity contribution in [3.63, 3.8) is 0 Å². The third kappa shape index (κ3) is 3.26. The molecule has 1 aromatic rings. The van der Waals surface area contributed by atoms with Gasteiger partial charge in [-0.1, -0.05) is 15.9 Å². The number of carbonyl (C=O) groups is 1. The molecular weight excluding hydrogens is 308 g/mol.